The van der Waals surface area contributed by atoms with Crippen LogP contribution in [0.25, 0.3) is 0 Å². The van der Waals surface area contributed by atoms with Gasteiger partial charge in [-0.15, -0.1) is 0 Å². The molecule has 1 aliphatic heterocycles. The summed E-state index contributed by atoms with van der Waals surface area (Å²) < 4.78 is 43.8. The molecule has 0 amide bonds. The Labute approximate surface area is 136 Å². The summed E-state index contributed by atoms with van der Waals surface area (Å²) in [5.41, 5.74) is -0.329. The molecule has 0 aromatic heterocycles. The zero-order valence-electron chi connectivity index (χ0n) is 14.1. The van der Waals surface area contributed by atoms with E-state index >= 15 is 0 Å². The molecule has 0 atom stereocenters. The van der Waals surface area contributed by atoms with Gasteiger partial charge in [0.25, 0.3) is 6.43 Å². The smallest absolute Gasteiger partial charge is 0.494 e. The zero-order chi connectivity index (χ0) is 16.8. The van der Waals surface area contributed by atoms with Gasteiger partial charge in [-0.1, -0.05) is 12.1 Å². The van der Waals surface area contributed by atoms with Crippen LogP contribution in [0.1, 0.15) is 52.5 Å². The highest BCUT2D eigenvalue weighted by Gasteiger charge is 2.52. The van der Waals surface area contributed by atoms with E-state index in [2.05, 4.69) is 0 Å². The van der Waals surface area contributed by atoms with Crippen LogP contribution in [0.2, 0.25) is 0 Å². The molecule has 0 N–H and O–H groups in total. The standard InChI is InChI=1S/C17H23BF2O3/c1-16(2)17(3,4)23-18(22-16)13-8-7-12(15(19)20)9-14(13)21-10-11-5-6-11/h7-9,11,15H,5-6,10H2,1-4H3. The summed E-state index contributed by atoms with van der Waals surface area (Å²) in [5.74, 6) is 0.976. The second-order valence-electron chi connectivity index (χ2n) is 7.44. The van der Waals surface area contributed by atoms with E-state index in [-0.39, 0.29) is 5.56 Å². The molecular formula is C17H23BF2O3. The highest BCUT2D eigenvalue weighted by atomic mass is 19.3. The fourth-order valence-electron chi connectivity index (χ4n) is 2.47. The Bertz CT molecular complexity index is 569. The van der Waals surface area contributed by atoms with Crippen molar-refractivity contribution in [3.8, 4) is 5.75 Å². The summed E-state index contributed by atoms with van der Waals surface area (Å²) in [6.45, 7) is 8.41. The minimum atomic E-state index is -2.52. The third kappa shape index (κ3) is 3.38. The summed E-state index contributed by atoms with van der Waals surface area (Å²) in [5, 5.41) is 0. The molecule has 2 fully saturated rings. The van der Waals surface area contributed by atoms with Crippen LogP contribution in [-0.2, 0) is 9.31 Å². The summed E-state index contributed by atoms with van der Waals surface area (Å²) in [6.07, 6.45) is -0.244. The summed E-state index contributed by atoms with van der Waals surface area (Å²) in [7, 11) is -0.610. The van der Waals surface area contributed by atoms with Crippen LogP contribution in [0.3, 0.4) is 0 Å². The van der Waals surface area contributed by atoms with Gasteiger partial charge in [0.05, 0.1) is 17.8 Å². The van der Waals surface area contributed by atoms with Gasteiger partial charge >= 0.3 is 7.12 Å². The van der Waals surface area contributed by atoms with Crippen molar-refractivity contribution in [2.45, 2.75) is 58.2 Å². The molecule has 3 rings (SSSR count). The van der Waals surface area contributed by atoms with Crippen molar-refractivity contribution in [3.05, 3.63) is 23.8 Å². The fourth-order valence-corrected chi connectivity index (χ4v) is 2.47. The van der Waals surface area contributed by atoms with E-state index in [0.29, 0.717) is 23.7 Å². The van der Waals surface area contributed by atoms with E-state index in [1.54, 1.807) is 6.07 Å². The predicted octanol–water partition coefficient (Wildman–Crippen LogP) is 3.71. The molecular weight excluding hydrogens is 301 g/mol. The van der Waals surface area contributed by atoms with Gasteiger partial charge in [-0.05, 0) is 52.5 Å². The molecule has 23 heavy (non-hydrogen) atoms. The van der Waals surface area contributed by atoms with E-state index in [1.165, 1.54) is 12.1 Å². The van der Waals surface area contributed by atoms with Gasteiger partial charge < -0.3 is 14.0 Å². The summed E-state index contributed by atoms with van der Waals surface area (Å²) in [6, 6.07) is 4.45. The van der Waals surface area contributed by atoms with Gasteiger partial charge in [-0.3, -0.25) is 0 Å². The third-order valence-corrected chi connectivity index (χ3v) is 4.97. The lowest BCUT2D eigenvalue weighted by Gasteiger charge is -2.32. The first-order valence-corrected chi connectivity index (χ1v) is 8.10. The van der Waals surface area contributed by atoms with Crippen LogP contribution >= 0.6 is 0 Å². The molecule has 2 aliphatic rings. The van der Waals surface area contributed by atoms with Gasteiger partial charge in [0.1, 0.15) is 5.75 Å². The van der Waals surface area contributed by atoms with E-state index < -0.39 is 24.7 Å². The summed E-state index contributed by atoms with van der Waals surface area (Å²) in [4.78, 5) is 0. The minimum Gasteiger partial charge on any atom is -0.494 e. The molecule has 1 saturated heterocycles. The second-order valence-corrected chi connectivity index (χ2v) is 7.44. The van der Waals surface area contributed by atoms with Gasteiger partial charge in [0.15, 0.2) is 0 Å². The van der Waals surface area contributed by atoms with E-state index in [0.717, 1.165) is 12.8 Å². The molecule has 1 aliphatic carbocycles. The Hall–Kier alpha value is -1.14. The maximum atomic E-state index is 13.0. The Morgan fingerprint density at radius 1 is 1.17 bits per heavy atom. The predicted molar refractivity (Wildman–Crippen MR) is 85.3 cm³/mol. The van der Waals surface area contributed by atoms with Gasteiger partial charge in [0.2, 0.25) is 0 Å². The van der Waals surface area contributed by atoms with Crippen molar-refractivity contribution in [2.75, 3.05) is 6.61 Å². The Morgan fingerprint density at radius 3 is 2.30 bits per heavy atom. The average Bonchev–Trinajstić information content (AvgIpc) is 3.24. The van der Waals surface area contributed by atoms with E-state index in [1.807, 2.05) is 27.7 Å². The Kier molecular flexibility index (Phi) is 4.17. The molecule has 0 spiro atoms. The lowest BCUT2D eigenvalue weighted by atomic mass is 9.78. The normalized spacial score (nSPS) is 22.7. The maximum absolute atomic E-state index is 13.0. The quantitative estimate of drug-likeness (QED) is 0.773. The molecule has 1 aromatic carbocycles. The highest BCUT2D eigenvalue weighted by molar-refractivity contribution is 6.63. The molecule has 6 heteroatoms. The minimum absolute atomic E-state index is 0.0453. The number of hydrogen-bond donors (Lipinski definition) is 0. The molecule has 3 nitrogen and oxygen atoms in total. The van der Waals surface area contributed by atoms with Crippen molar-refractivity contribution in [1.29, 1.82) is 0 Å². The zero-order valence-corrected chi connectivity index (χ0v) is 14.1. The number of rotatable bonds is 5. The molecule has 1 saturated carbocycles. The lowest BCUT2D eigenvalue weighted by molar-refractivity contribution is 0.00578. The third-order valence-electron chi connectivity index (χ3n) is 4.97. The molecule has 0 unspecified atom stereocenters. The van der Waals surface area contributed by atoms with Crippen molar-refractivity contribution >= 4 is 12.6 Å². The molecule has 0 radical (unpaired) electrons. The highest BCUT2D eigenvalue weighted by Crippen LogP contribution is 2.38. The van der Waals surface area contributed by atoms with Crippen LogP contribution in [-0.4, -0.2) is 24.9 Å². The van der Waals surface area contributed by atoms with Crippen molar-refractivity contribution < 1.29 is 22.8 Å². The number of ether oxygens (including phenoxy) is 1. The molecule has 126 valence electrons. The number of halogens is 2. The van der Waals surface area contributed by atoms with Crippen molar-refractivity contribution in [2.24, 2.45) is 5.92 Å². The number of hydrogen-bond acceptors (Lipinski definition) is 3. The Balaban J connectivity index is 1.88. The monoisotopic (exact) mass is 324 g/mol. The van der Waals surface area contributed by atoms with Crippen LogP contribution in [0, 0.1) is 5.92 Å². The number of alkyl halides is 2. The molecule has 1 aromatic rings. The maximum Gasteiger partial charge on any atom is 0.498 e. The first kappa shape index (κ1) is 16.7. The molecule has 1 heterocycles. The topological polar surface area (TPSA) is 27.7 Å². The van der Waals surface area contributed by atoms with Gasteiger partial charge in [-0.25, -0.2) is 8.78 Å². The van der Waals surface area contributed by atoms with E-state index in [9.17, 15) is 8.78 Å². The largest absolute Gasteiger partial charge is 0.498 e. The first-order valence-electron chi connectivity index (χ1n) is 8.10. The second kappa shape index (κ2) is 5.74. The van der Waals surface area contributed by atoms with Crippen molar-refractivity contribution in [1.82, 2.24) is 0 Å². The first-order chi connectivity index (χ1) is 10.7. The van der Waals surface area contributed by atoms with E-state index in [4.69, 9.17) is 14.0 Å². The summed E-state index contributed by atoms with van der Waals surface area (Å²) >= 11 is 0. The number of benzene rings is 1. The van der Waals surface area contributed by atoms with Gasteiger partial charge in [-0.2, -0.15) is 0 Å². The van der Waals surface area contributed by atoms with Crippen LogP contribution < -0.4 is 10.2 Å². The molecule has 0 bridgehead atoms. The van der Waals surface area contributed by atoms with Crippen LogP contribution in [0.5, 0.6) is 5.75 Å². The SMILES string of the molecule is CC1(C)OB(c2ccc(C(F)F)cc2OCC2CC2)OC1(C)C. The fraction of sp³-hybridized carbons (Fsp3) is 0.647. The Morgan fingerprint density at radius 2 is 1.78 bits per heavy atom. The average molecular weight is 324 g/mol. The van der Waals surface area contributed by atoms with Crippen LogP contribution in [0.15, 0.2) is 18.2 Å². The van der Waals surface area contributed by atoms with Gasteiger partial charge in [0, 0.05) is 11.0 Å². The lowest BCUT2D eigenvalue weighted by Crippen LogP contribution is -2.41. The van der Waals surface area contributed by atoms with Crippen LogP contribution in [0.4, 0.5) is 8.78 Å². The van der Waals surface area contributed by atoms with Crippen molar-refractivity contribution in [3.63, 3.8) is 0 Å².